The first-order valence-corrected chi connectivity index (χ1v) is 9.44. The molecule has 24 heavy (non-hydrogen) atoms. The maximum Gasteiger partial charge on any atom is 0.340 e. The van der Waals surface area contributed by atoms with Gasteiger partial charge in [-0.2, -0.15) is 0 Å². The van der Waals surface area contributed by atoms with Gasteiger partial charge in [0.25, 0.3) is 5.91 Å². The summed E-state index contributed by atoms with van der Waals surface area (Å²) >= 11 is 5.90. The van der Waals surface area contributed by atoms with E-state index < -0.39 is 28.0 Å². The summed E-state index contributed by atoms with van der Waals surface area (Å²) in [5, 5.41) is 7.86. The number of benzene rings is 1. The van der Waals surface area contributed by atoms with Gasteiger partial charge in [-0.1, -0.05) is 24.4 Å². The number of halogens is 1. The molecule has 7 nitrogen and oxygen atoms in total. The van der Waals surface area contributed by atoms with Gasteiger partial charge in [0.15, 0.2) is 6.10 Å². The van der Waals surface area contributed by atoms with Gasteiger partial charge in [0, 0.05) is 6.04 Å². The van der Waals surface area contributed by atoms with E-state index in [1.165, 1.54) is 19.1 Å². The average molecular weight is 375 g/mol. The van der Waals surface area contributed by atoms with Crippen molar-refractivity contribution < 1.29 is 22.7 Å². The Kier molecular flexibility index (Phi) is 5.84. The van der Waals surface area contributed by atoms with Crippen LogP contribution in [-0.2, 0) is 19.6 Å². The molecule has 1 amide bonds. The SMILES string of the molecule is CC(OC(=O)c1cc(S(N)(=O)=O)ccc1Cl)C(=O)NC1CCCC1. The molecule has 0 saturated heterocycles. The number of sulfonamides is 1. The minimum absolute atomic E-state index is 0.0100. The molecule has 2 rings (SSSR count). The largest absolute Gasteiger partial charge is 0.449 e. The number of carbonyl (C=O) groups is 2. The topological polar surface area (TPSA) is 116 Å². The Morgan fingerprint density at radius 2 is 1.96 bits per heavy atom. The number of hydrogen-bond donors (Lipinski definition) is 2. The van der Waals surface area contributed by atoms with E-state index in [1.807, 2.05) is 0 Å². The highest BCUT2D eigenvalue weighted by molar-refractivity contribution is 7.89. The molecule has 1 atom stereocenters. The molecule has 1 aliphatic carbocycles. The van der Waals surface area contributed by atoms with Crippen molar-refractivity contribution in [3.63, 3.8) is 0 Å². The van der Waals surface area contributed by atoms with Crippen LogP contribution in [0.25, 0.3) is 0 Å². The van der Waals surface area contributed by atoms with Crippen LogP contribution in [0.2, 0.25) is 5.02 Å². The molecule has 1 aromatic carbocycles. The fraction of sp³-hybridized carbons (Fsp3) is 0.467. The standard InChI is InChI=1S/C15H19ClN2O5S/c1-9(14(19)18-10-4-2-3-5-10)23-15(20)12-8-11(24(17,21)22)6-7-13(12)16/h6-10H,2-5H2,1H3,(H,18,19)(H2,17,21,22). The van der Waals surface area contributed by atoms with E-state index in [1.54, 1.807) is 0 Å². The summed E-state index contributed by atoms with van der Waals surface area (Å²) in [6, 6.07) is 3.56. The normalized spacial score (nSPS) is 16.6. The van der Waals surface area contributed by atoms with E-state index in [9.17, 15) is 18.0 Å². The zero-order valence-corrected chi connectivity index (χ0v) is 14.7. The van der Waals surface area contributed by atoms with E-state index in [0.29, 0.717) is 0 Å². The van der Waals surface area contributed by atoms with Crippen molar-refractivity contribution in [2.24, 2.45) is 5.14 Å². The molecule has 1 aliphatic rings. The highest BCUT2D eigenvalue weighted by atomic mass is 35.5. The van der Waals surface area contributed by atoms with E-state index in [2.05, 4.69) is 5.32 Å². The Morgan fingerprint density at radius 1 is 1.33 bits per heavy atom. The fourth-order valence-corrected chi connectivity index (χ4v) is 3.24. The smallest absolute Gasteiger partial charge is 0.340 e. The molecule has 0 aromatic heterocycles. The second-order valence-corrected chi connectivity index (χ2v) is 7.69. The molecular formula is C15H19ClN2O5S. The van der Waals surface area contributed by atoms with Crippen molar-refractivity contribution in [1.82, 2.24) is 5.32 Å². The summed E-state index contributed by atoms with van der Waals surface area (Å²) in [6.45, 7) is 1.44. The molecule has 1 fully saturated rings. The van der Waals surface area contributed by atoms with Crippen LogP contribution in [-0.4, -0.2) is 32.4 Å². The van der Waals surface area contributed by atoms with Crippen molar-refractivity contribution in [2.75, 3.05) is 0 Å². The zero-order valence-electron chi connectivity index (χ0n) is 13.1. The molecular weight excluding hydrogens is 356 g/mol. The highest BCUT2D eigenvalue weighted by Gasteiger charge is 2.25. The second kappa shape index (κ2) is 7.50. The predicted octanol–water partition coefficient (Wildman–Crippen LogP) is 1.59. The quantitative estimate of drug-likeness (QED) is 0.759. The first-order chi connectivity index (χ1) is 11.2. The van der Waals surface area contributed by atoms with Gasteiger partial charge in [-0.3, -0.25) is 4.79 Å². The predicted molar refractivity (Wildman–Crippen MR) is 88.1 cm³/mol. The lowest BCUT2D eigenvalue weighted by Crippen LogP contribution is -2.40. The molecule has 1 aromatic rings. The van der Waals surface area contributed by atoms with Crippen LogP contribution < -0.4 is 10.5 Å². The lowest BCUT2D eigenvalue weighted by atomic mass is 10.2. The third kappa shape index (κ3) is 4.68. The second-order valence-electron chi connectivity index (χ2n) is 5.72. The molecule has 0 bridgehead atoms. The minimum Gasteiger partial charge on any atom is -0.449 e. The molecule has 0 radical (unpaired) electrons. The average Bonchev–Trinajstić information content (AvgIpc) is 2.99. The molecule has 9 heteroatoms. The van der Waals surface area contributed by atoms with Gasteiger partial charge in [-0.05, 0) is 38.0 Å². The Hall–Kier alpha value is -1.64. The first kappa shape index (κ1) is 18.7. The van der Waals surface area contributed by atoms with Crippen LogP contribution in [0, 0.1) is 0 Å². The van der Waals surface area contributed by atoms with Crippen molar-refractivity contribution in [3.8, 4) is 0 Å². The van der Waals surface area contributed by atoms with Crippen molar-refractivity contribution >= 4 is 33.5 Å². The van der Waals surface area contributed by atoms with Crippen molar-refractivity contribution in [1.29, 1.82) is 0 Å². The summed E-state index contributed by atoms with van der Waals surface area (Å²) in [4.78, 5) is 24.0. The summed E-state index contributed by atoms with van der Waals surface area (Å²) < 4.78 is 27.8. The van der Waals surface area contributed by atoms with Gasteiger partial charge >= 0.3 is 5.97 Å². The van der Waals surface area contributed by atoms with E-state index >= 15 is 0 Å². The maximum absolute atomic E-state index is 12.2. The molecule has 0 aliphatic heterocycles. The number of esters is 1. The summed E-state index contributed by atoms with van der Waals surface area (Å²) in [7, 11) is -3.98. The van der Waals surface area contributed by atoms with Crippen molar-refractivity contribution in [3.05, 3.63) is 28.8 Å². The van der Waals surface area contributed by atoms with E-state index in [4.69, 9.17) is 21.5 Å². The number of rotatable bonds is 5. The van der Waals surface area contributed by atoms with Crippen LogP contribution in [0.4, 0.5) is 0 Å². The first-order valence-electron chi connectivity index (χ1n) is 7.52. The lowest BCUT2D eigenvalue weighted by Gasteiger charge is -2.17. The number of amides is 1. The Balaban J connectivity index is 2.07. The van der Waals surface area contributed by atoms with E-state index in [0.717, 1.165) is 31.7 Å². The van der Waals surface area contributed by atoms with Gasteiger partial charge in [0.2, 0.25) is 10.0 Å². The van der Waals surface area contributed by atoms with Gasteiger partial charge in [0.05, 0.1) is 15.5 Å². The van der Waals surface area contributed by atoms with Crippen LogP contribution in [0.15, 0.2) is 23.1 Å². The van der Waals surface area contributed by atoms with Gasteiger partial charge in [-0.25, -0.2) is 18.4 Å². The Labute approximate surface area is 145 Å². The molecule has 3 N–H and O–H groups in total. The number of primary sulfonamides is 1. The number of carbonyl (C=O) groups excluding carboxylic acids is 2. The third-order valence-electron chi connectivity index (χ3n) is 3.84. The molecule has 132 valence electrons. The van der Waals surface area contributed by atoms with Gasteiger partial charge < -0.3 is 10.1 Å². The molecule has 1 saturated carbocycles. The zero-order chi connectivity index (χ0) is 17.9. The lowest BCUT2D eigenvalue weighted by molar-refractivity contribution is -0.129. The third-order valence-corrected chi connectivity index (χ3v) is 5.08. The number of hydrogen-bond acceptors (Lipinski definition) is 5. The minimum atomic E-state index is -3.98. The summed E-state index contributed by atoms with van der Waals surface area (Å²) in [5.41, 5.74) is -0.163. The molecule has 1 unspecified atom stereocenters. The van der Waals surface area contributed by atoms with Crippen LogP contribution in [0.1, 0.15) is 43.0 Å². The Morgan fingerprint density at radius 3 is 2.54 bits per heavy atom. The van der Waals surface area contributed by atoms with Crippen LogP contribution >= 0.6 is 11.6 Å². The van der Waals surface area contributed by atoms with Gasteiger partial charge in [-0.15, -0.1) is 0 Å². The van der Waals surface area contributed by atoms with Crippen molar-refractivity contribution in [2.45, 2.75) is 49.6 Å². The fourth-order valence-electron chi connectivity index (χ4n) is 2.50. The number of nitrogens with one attached hydrogen (secondary N) is 1. The van der Waals surface area contributed by atoms with Crippen LogP contribution in [0.5, 0.6) is 0 Å². The Bertz CT molecular complexity index is 744. The van der Waals surface area contributed by atoms with E-state index in [-0.39, 0.29) is 21.5 Å². The summed E-state index contributed by atoms with van der Waals surface area (Å²) in [5.74, 6) is -1.28. The molecule has 0 spiro atoms. The monoisotopic (exact) mass is 374 g/mol. The summed E-state index contributed by atoms with van der Waals surface area (Å²) in [6.07, 6.45) is 2.93. The molecule has 0 heterocycles. The number of ether oxygens (including phenoxy) is 1. The van der Waals surface area contributed by atoms with Gasteiger partial charge in [0.1, 0.15) is 0 Å². The number of nitrogens with two attached hydrogens (primary N) is 1. The highest BCUT2D eigenvalue weighted by Crippen LogP contribution is 2.22. The maximum atomic E-state index is 12.2. The van der Waals surface area contributed by atoms with Crippen LogP contribution in [0.3, 0.4) is 0 Å².